The average molecular weight is 279 g/mol. The summed E-state index contributed by atoms with van der Waals surface area (Å²) in [6.07, 6.45) is -0.714. The molecule has 0 aromatic heterocycles. The van der Waals surface area contributed by atoms with Gasteiger partial charge >= 0.3 is 5.97 Å². The van der Waals surface area contributed by atoms with E-state index in [-0.39, 0.29) is 19.6 Å². The fraction of sp³-hybridized carbons (Fsp3) is 0.429. The van der Waals surface area contributed by atoms with Crippen LogP contribution in [0, 0.1) is 0 Å². The van der Waals surface area contributed by atoms with Gasteiger partial charge in [0.25, 0.3) is 0 Å². The molecule has 0 aliphatic carbocycles. The number of amides is 1. The number of likely N-dealkylation sites (tertiary alicyclic amines) is 1. The second-order valence-electron chi connectivity index (χ2n) is 4.77. The van der Waals surface area contributed by atoms with Crippen molar-refractivity contribution >= 4 is 11.9 Å². The number of aliphatic hydroxyl groups excluding tert-OH is 1. The van der Waals surface area contributed by atoms with Crippen molar-refractivity contribution < 1.29 is 24.5 Å². The Morgan fingerprint density at radius 3 is 2.65 bits per heavy atom. The zero-order valence-corrected chi connectivity index (χ0v) is 10.9. The van der Waals surface area contributed by atoms with Gasteiger partial charge in [-0.15, -0.1) is 0 Å². The highest BCUT2D eigenvalue weighted by Gasteiger charge is 2.38. The maximum Gasteiger partial charge on any atom is 0.326 e. The number of hydrogen-bond acceptors (Lipinski definition) is 4. The van der Waals surface area contributed by atoms with Gasteiger partial charge in [-0.05, 0) is 5.56 Å². The standard InChI is InChI=1S/C14H17NO5/c16-11-6-12(14(18)19)15(7-11)13(17)9-20-8-10-4-2-1-3-5-10/h1-5,11-12,16H,6-9H2,(H,18,19). The maximum atomic E-state index is 11.9. The van der Waals surface area contributed by atoms with E-state index < -0.39 is 24.0 Å². The minimum Gasteiger partial charge on any atom is -0.480 e. The van der Waals surface area contributed by atoms with Crippen LogP contribution in [-0.2, 0) is 20.9 Å². The molecule has 0 bridgehead atoms. The molecule has 2 unspecified atom stereocenters. The quantitative estimate of drug-likeness (QED) is 0.806. The molecule has 2 N–H and O–H groups in total. The molecule has 1 aliphatic heterocycles. The van der Waals surface area contributed by atoms with Crippen LogP contribution in [0.3, 0.4) is 0 Å². The molecule has 1 fully saturated rings. The first-order valence-corrected chi connectivity index (χ1v) is 6.40. The van der Waals surface area contributed by atoms with E-state index in [0.29, 0.717) is 6.61 Å². The molecule has 6 heteroatoms. The van der Waals surface area contributed by atoms with Crippen molar-refractivity contribution in [1.29, 1.82) is 0 Å². The van der Waals surface area contributed by atoms with Crippen LogP contribution >= 0.6 is 0 Å². The first kappa shape index (κ1) is 14.5. The molecular weight excluding hydrogens is 262 g/mol. The Morgan fingerprint density at radius 2 is 2.00 bits per heavy atom. The van der Waals surface area contributed by atoms with Crippen LogP contribution in [0.5, 0.6) is 0 Å². The molecule has 108 valence electrons. The molecule has 0 spiro atoms. The van der Waals surface area contributed by atoms with Gasteiger partial charge in [-0.1, -0.05) is 30.3 Å². The van der Waals surface area contributed by atoms with Crippen molar-refractivity contribution in [3.05, 3.63) is 35.9 Å². The largest absolute Gasteiger partial charge is 0.480 e. The molecule has 6 nitrogen and oxygen atoms in total. The van der Waals surface area contributed by atoms with Gasteiger partial charge in [-0.3, -0.25) is 4.79 Å². The lowest BCUT2D eigenvalue weighted by Gasteiger charge is -2.20. The van der Waals surface area contributed by atoms with Gasteiger partial charge in [-0.25, -0.2) is 4.79 Å². The van der Waals surface area contributed by atoms with E-state index in [0.717, 1.165) is 10.5 Å². The molecule has 0 radical (unpaired) electrons. The molecule has 0 saturated carbocycles. The molecule has 1 aromatic rings. The summed E-state index contributed by atoms with van der Waals surface area (Å²) in [6, 6.07) is 8.43. The first-order valence-electron chi connectivity index (χ1n) is 6.40. The zero-order valence-electron chi connectivity index (χ0n) is 10.9. The van der Waals surface area contributed by atoms with Gasteiger partial charge < -0.3 is 19.8 Å². The second-order valence-corrected chi connectivity index (χ2v) is 4.77. The number of carbonyl (C=O) groups is 2. The van der Waals surface area contributed by atoms with E-state index in [4.69, 9.17) is 9.84 Å². The Hall–Kier alpha value is -1.92. The number of carbonyl (C=O) groups excluding carboxylic acids is 1. The van der Waals surface area contributed by atoms with E-state index in [2.05, 4.69) is 0 Å². The Kier molecular flexibility index (Phi) is 4.70. The highest BCUT2D eigenvalue weighted by atomic mass is 16.5. The molecule has 1 heterocycles. The van der Waals surface area contributed by atoms with E-state index in [1.165, 1.54) is 0 Å². The topological polar surface area (TPSA) is 87.1 Å². The Balaban J connectivity index is 1.84. The molecule has 2 atom stereocenters. The first-order chi connectivity index (χ1) is 9.58. The number of benzene rings is 1. The monoisotopic (exact) mass is 279 g/mol. The molecule has 20 heavy (non-hydrogen) atoms. The molecule has 2 rings (SSSR count). The van der Waals surface area contributed by atoms with Crippen molar-refractivity contribution in [3.8, 4) is 0 Å². The summed E-state index contributed by atoms with van der Waals surface area (Å²) in [6.45, 7) is 0.149. The Morgan fingerprint density at radius 1 is 1.30 bits per heavy atom. The predicted octanol–water partition coefficient (Wildman–Crippen LogP) is 0.250. The number of nitrogens with zero attached hydrogens (tertiary/aromatic N) is 1. The number of rotatable bonds is 5. The summed E-state index contributed by atoms with van der Waals surface area (Å²) >= 11 is 0. The van der Waals surface area contributed by atoms with Gasteiger partial charge in [0, 0.05) is 13.0 Å². The summed E-state index contributed by atoms with van der Waals surface area (Å²) < 4.78 is 5.29. The van der Waals surface area contributed by atoms with E-state index >= 15 is 0 Å². The van der Waals surface area contributed by atoms with Crippen LogP contribution in [-0.4, -0.2) is 52.3 Å². The third-order valence-electron chi connectivity index (χ3n) is 3.22. The number of carboxylic acid groups (broad SMARTS) is 1. The smallest absolute Gasteiger partial charge is 0.326 e. The van der Waals surface area contributed by atoms with Gasteiger partial charge in [0.2, 0.25) is 5.91 Å². The van der Waals surface area contributed by atoms with Gasteiger partial charge in [0.1, 0.15) is 12.6 Å². The SMILES string of the molecule is O=C(O)C1CC(O)CN1C(=O)COCc1ccccc1. The molecule has 1 amide bonds. The van der Waals surface area contributed by atoms with Crippen LogP contribution in [0.15, 0.2) is 30.3 Å². The molecule has 1 saturated heterocycles. The van der Waals surface area contributed by atoms with Crippen LogP contribution in [0.25, 0.3) is 0 Å². The Bertz CT molecular complexity index is 476. The molecular formula is C14H17NO5. The third-order valence-corrected chi connectivity index (χ3v) is 3.22. The van der Waals surface area contributed by atoms with Crippen LogP contribution in [0.2, 0.25) is 0 Å². The lowest BCUT2D eigenvalue weighted by molar-refractivity contribution is -0.150. The lowest BCUT2D eigenvalue weighted by atomic mass is 10.2. The van der Waals surface area contributed by atoms with Crippen LogP contribution in [0.1, 0.15) is 12.0 Å². The van der Waals surface area contributed by atoms with E-state index in [1.54, 1.807) is 0 Å². The van der Waals surface area contributed by atoms with E-state index in [1.807, 2.05) is 30.3 Å². The number of aliphatic carboxylic acids is 1. The summed E-state index contributed by atoms with van der Waals surface area (Å²) in [5, 5.41) is 18.5. The van der Waals surface area contributed by atoms with Crippen molar-refractivity contribution in [3.63, 3.8) is 0 Å². The van der Waals surface area contributed by atoms with Crippen molar-refractivity contribution in [2.75, 3.05) is 13.2 Å². The second kappa shape index (κ2) is 6.49. The number of carboxylic acids is 1. The third kappa shape index (κ3) is 3.55. The lowest BCUT2D eigenvalue weighted by Crippen LogP contribution is -2.42. The summed E-state index contributed by atoms with van der Waals surface area (Å²) in [5.41, 5.74) is 0.941. The number of β-amino-alcohol motifs (C(OH)–C–C–N with tert-alkyl or cyclic N) is 1. The predicted molar refractivity (Wildman–Crippen MR) is 69.9 cm³/mol. The zero-order chi connectivity index (χ0) is 14.5. The maximum absolute atomic E-state index is 11.9. The molecule has 1 aromatic carbocycles. The highest BCUT2D eigenvalue weighted by Crippen LogP contribution is 2.18. The summed E-state index contributed by atoms with van der Waals surface area (Å²) in [4.78, 5) is 24.1. The van der Waals surface area contributed by atoms with Crippen molar-refractivity contribution in [1.82, 2.24) is 4.90 Å². The summed E-state index contributed by atoms with van der Waals surface area (Å²) in [5.74, 6) is -1.51. The average Bonchev–Trinajstić information content (AvgIpc) is 2.82. The van der Waals surface area contributed by atoms with Gasteiger partial charge in [0.05, 0.1) is 12.7 Å². The fourth-order valence-corrected chi connectivity index (χ4v) is 2.24. The number of ether oxygens (including phenoxy) is 1. The van der Waals surface area contributed by atoms with Crippen molar-refractivity contribution in [2.24, 2.45) is 0 Å². The van der Waals surface area contributed by atoms with E-state index in [9.17, 15) is 14.7 Å². The van der Waals surface area contributed by atoms with Gasteiger partial charge in [-0.2, -0.15) is 0 Å². The number of hydrogen-bond donors (Lipinski definition) is 2. The van der Waals surface area contributed by atoms with Crippen molar-refractivity contribution in [2.45, 2.75) is 25.2 Å². The highest BCUT2D eigenvalue weighted by molar-refractivity contribution is 5.85. The van der Waals surface area contributed by atoms with Crippen LogP contribution < -0.4 is 0 Å². The molecule has 1 aliphatic rings. The normalized spacial score (nSPS) is 21.9. The minimum atomic E-state index is -1.10. The minimum absolute atomic E-state index is 0.0461. The van der Waals surface area contributed by atoms with Crippen LogP contribution in [0.4, 0.5) is 0 Å². The number of aliphatic hydroxyl groups is 1. The fourth-order valence-electron chi connectivity index (χ4n) is 2.24. The Labute approximate surface area is 116 Å². The van der Waals surface area contributed by atoms with Gasteiger partial charge in [0.15, 0.2) is 0 Å². The summed E-state index contributed by atoms with van der Waals surface area (Å²) in [7, 11) is 0.